The molecule has 4 fully saturated rings. The molecule has 5 nitrogen and oxygen atoms in total. The zero-order valence-electron chi connectivity index (χ0n) is 11.4. The van der Waals surface area contributed by atoms with Gasteiger partial charge in [0.05, 0.1) is 11.9 Å². The van der Waals surface area contributed by atoms with E-state index in [2.05, 4.69) is 20.7 Å². The van der Waals surface area contributed by atoms with E-state index < -0.39 is 0 Å². The lowest BCUT2D eigenvalue weighted by Crippen LogP contribution is -2.56. The largest absolute Gasteiger partial charge is 0.352 e. The van der Waals surface area contributed by atoms with Crippen LogP contribution in [0.5, 0.6) is 0 Å². The maximum absolute atomic E-state index is 12.1. The molecule has 0 aromatic carbocycles. The van der Waals surface area contributed by atoms with Crippen LogP contribution in [0.2, 0.25) is 0 Å². The van der Waals surface area contributed by atoms with E-state index in [1.165, 1.54) is 43.9 Å². The van der Waals surface area contributed by atoms with Crippen LogP contribution in [0.15, 0.2) is 11.2 Å². The monoisotopic (exact) mass is 292 g/mol. The molecule has 0 saturated heterocycles. The van der Waals surface area contributed by atoms with Crippen molar-refractivity contribution in [2.45, 2.75) is 43.2 Å². The van der Waals surface area contributed by atoms with Gasteiger partial charge in [-0.1, -0.05) is 11.8 Å². The van der Waals surface area contributed by atoms with E-state index in [0.29, 0.717) is 11.8 Å². The molecule has 1 aromatic heterocycles. The molecule has 6 heteroatoms. The van der Waals surface area contributed by atoms with Crippen molar-refractivity contribution < 1.29 is 4.79 Å². The lowest BCUT2D eigenvalue weighted by Gasteiger charge is -2.54. The van der Waals surface area contributed by atoms with Crippen molar-refractivity contribution in [1.29, 1.82) is 0 Å². The van der Waals surface area contributed by atoms with Crippen LogP contribution in [0.4, 0.5) is 0 Å². The molecule has 20 heavy (non-hydrogen) atoms. The Hall–Kier alpha value is -1.04. The van der Waals surface area contributed by atoms with Gasteiger partial charge in [-0.05, 0) is 55.8 Å². The van der Waals surface area contributed by atoms with Gasteiger partial charge < -0.3 is 5.32 Å². The average molecular weight is 292 g/mol. The highest BCUT2D eigenvalue weighted by Crippen LogP contribution is 2.53. The van der Waals surface area contributed by atoms with Crippen molar-refractivity contribution >= 4 is 17.7 Å². The van der Waals surface area contributed by atoms with Crippen molar-refractivity contribution in [2.75, 3.05) is 5.75 Å². The third-order valence-corrected chi connectivity index (χ3v) is 6.20. The van der Waals surface area contributed by atoms with E-state index in [9.17, 15) is 4.79 Å². The number of carbonyl (C=O) groups excluding carboxylic acids is 1. The molecule has 0 atom stereocenters. The van der Waals surface area contributed by atoms with Gasteiger partial charge in [0.2, 0.25) is 5.91 Å². The summed E-state index contributed by atoms with van der Waals surface area (Å²) in [6, 6.07) is 0.438. The number of amides is 1. The quantitative estimate of drug-likeness (QED) is 0.831. The van der Waals surface area contributed by atoms with Gasteiger partial charge in [0.1, 0.15) is 5.03 Å². The second-order valence-electron chi connectivity index (χ2n) is 6.62. The van der Waals surface area contributed by atoms with Crippen LogP contribution in [0, 0.1) is 23.7 Å². The lowest BCUT2D eigenvalue weighted by atomic mass is 9.54. The minimum atomic E-state index is 0.149. The third-order valence-electron chi connectivity index (χ3n) is 5.30. The molecule has 2 N–H and O–H groups in total. The third kappa shape index (κ3) is 2.34. The molecule has 4 aliphatic rings. The summed E-state index contributed by atoms with van der Waals surface area (Å²) in [7, 11) is 0. The van der Waals surface area contributed by atoms with Crippen molar-refractivity contribution in [3.8, 4) is 0 Å². The molecule has 1 heterocycles. The summed E-state index contributed by atoms with van der Waals surface area (Å²) in [6.45, 7) is 0. The first-order valence-electron chi connectivity index (χ1n) is 7.56. The highest BCUT2D eigenvalue weighted by Gasteiger charge is 2.48. The molecule has 0 unspecified atom stereocenters. The maximum Gasteiger partial charge on any atom is 0.230 e. The molecule has 5 rings (SSSR count). The summed E-state index contributed by atoms with van der Waals surface area (Å²) in [5.74, 6) is 3.98. The summed E-state index contributed by atoms with van der Waals surface area (Å²) < 4.78 is 0. The zero-order valence-corrected chi connectivity index (χ0v) is 12.2. The molecular formula is C14H20N4OS. The predicted octanol–water partition coefficient (Wildman–Crippen LogP) is 1.84. The summed E-state index contributed by atoms with van der Waals surface area (Å²) in [5.41, 5.74) is 0. The second kappa shape index (κ2) is 5.06. The van der Waals surface area contributed by atoms with Gasteiger partial charge in [0.15, 0.2) is 0 Å². The van der Waals surface area contributed by atoms with Crippen LogP contribution in [-0.4, -0.2) is 33.1 Å². The predicted molar refractivity (Wildman–Crippen MR) is 76.1 cm³/mol. The highest BCUT2D eigenvalue weighted by atomic mass is 32.2. The van der Waals surface area contributed by atoms with E-state index >= 15 is 0 Å². The first-order chi connectivity index (χ1) is 9.78. The topological polar surface area (TPSA) is 70.7 Å². The summed E-state index contributed by atoms with van der Waals surface area (Å²) in [4.78, 5) is 12.1. The molecular weight excluding hydrogens is 272 g/mol. The van der Waals surface area contributed by atoms with Gasteiger partial charge in [0, 0.05) is 6.04 Å². The molecule has 0 aliphatic heterocycles. The smallest absolute Gasteiger partial charge is 0.230 e. The zero-order chi connectivity index (χ0) is 13.5. The lowest BCUT2D eigenvalue weighted by molar-refractivity contribution is -0.122. The standard InChI is InChI=1S/C14H20N4OS/c19-12(7-20-13-6-15-18-17-13)16-14-10-2-8-1-9(4-10)5-11(14)3-8/h6,8-11,14H,1-5,7H2,(H,16,19)(H,15,17,18). The van der Waals surface area contributed by atoms with E-state index in [1.54, 1.807) is 6.20 Å². The minimum absolute atomic E-state index is 0.149. The fourth-order valence-electron chi connectivity index (χ4n) is 4.79. The number of nitrogens with one attached hydrogen (secondary N) is 2. The van der Waals surface area contributed by atoms with Gasteiger partial charge in [-0.15, -0.1) is 5.10 Å². The molecule has 1 amide bonds. The molecule has 0 spiro atoms. The number of H-pyrrole nitrogens is 1. The number of carbonyl (C=O) groups is 1. The summed E-state index contributed by atoms with van der Waals surface area (Å²) in [6.07, 6.45) is 8.47. The minimum Gasteiger partial charge on any atom is -0.352 e. The first kappa shape index (κ1) is 12.7. The number of hydrogen-bond donors (Lipinski definition) is 2. The number of rotatable bonds is 4. The molecule has 4 saturated carbocycles. The fourth-order valence-corrected chi connectivity index (χ4v) is 5.38. The summed E-state index contributed by atoms with van der Waals surface area (Å²) >= 11 is 1.44. The number of aromatic amines is 1. The van der Waals surface area contributed by atoms with E-state index in [4.69, 9.17) is 0 Å². The second-order valence-corrected chi connectivity index (χ2v) is 7.62. The highest BCUT2D eigenvalue weighted by molar-refractivity contribution is 7.99. The normalized spacial score (nSPS) is 38.1. The van der Waals surface area contributed by atoms with Gasteiger partial charge >= 0.3 is 0 Å². The van der Waals surface area contributed by atoms with Crippen LogP contribution < -0.4 is 5.32 Å². The first-order valence-corrected chi connectivity index (χ1v) is 8.54. The Balaban J connectivity index is 1.33. The van der Waals surface area contributed by atoms with Gasteiger partial charge in [-0.25, -0.2) is 0 Å². The molecule has 108 valence electrons. The van der Waals surface area contributed by atoms with Crippen LogP contribution in [-0.2, 0) is 4.79 Å². The van der Waals surface area contributed by atoms with E-state index in [-0.39, 0.29) is 5.91 Å². The number of nitrogens with zero attached hydrogens (tertiary/aromatic N) is 2. The number of thioether (sulfide) groups is 1. The van der Waals surface area contributed by atoms with Crippen molar-refractivity contribution in [3.05, 3.63) is 6.20 Å². The SMILES string of the molecule is O=C(CSc1cn[nH]n1)NC1C2CC3CC(C2)CC1C3. The Kier molecular flexibility index (Phi) is 3.21. The Morgan fingerprint density at radius 2 is 1.95 bits per heavy atom. The van der Waals surface area contributed by atoms with Gasteiger partial charge in [0.25, 0.3) is 0 Å². The molecule has 0 radical (unpaired) electrons. The van der Waals surface area contributed by atoms with Crippen LogP contribution in [0.1, 0.15) is 32.1 Å². The molecule has 4 aliphatic carbocycles. The molecule has 4 bridgehead atoms. The van der Waals surface area contributed by atoms with Crippen molar-refractivity contribution in [1.82, 2.24) is 20.7 Å². The fraction of sp³-hybridized carbons (Fsp3) is 0.786. The van der Waals surface area contributed by atoms with Crippen molar-refractivity contribution in [3.63, 3.8) is 0 Å². The van der Waals surface area contributed by atoms with Crippen LogP contribution >= 0.6 is 11.8 Å². The maximum atomic E-state index is 12.1. The van der Waals surface area contributed by atoms with Crippen LogP contribution in [0.3, 0.4) is 0 Å². The van der Waals surface area contributed by atoms with Crippen LogP contribution in [0.25, 0.3) is 0 Å². The van der Waals surface area contributed by atoms with Crippen molar-refractivity contribution in [2.24, 2.45) is 23.7 Å². The number of hydrogen-bond acceptors (Lipinski definition) is 4. The molecule has 1 aromatic rings. The Labute approximate surface area is 122 Å². The Bertz CT molecular complexity index is 461. The Morgan fingerprint density at radius 3 is 2.55 bits per heavy atom. The number of aromatic nitrogens is 3. The van der Waals surface area contributed by atoms with Gasteiger partial charge in [-0.2, -0.15) is 10.3 Å². The van der Waals surface area contributed by atoms with Gasteiger partial charge in [-0.3, -0.25) is 4.79 Å². The average Bonchev–Trinajstić information content (AvgIpc) is 2.93. The van der Waals surface area contributed by atoms with E-state index in [1.807, 2.05) is 0 Å². The summed E-state index contributed by atoms with van der Waals surface area (Å²) in [5, 5.41) is 14.4. The van der Waals surface area contributed by atoms with E-state index in [0.717, 1.165) is 28.7 Å². The Morgan fingerprint density at radius 1 is 1.25 bits per heavy atom.